The maximum Gasteiger partial charge on any atom is 0.326 e. The molecule has 2 N–H and O–H groups in total. The molecule has 2 atom stereocenters. The number of halogens is 2. The normalized spacial score (nSPS) is 20.8. The molecule has 2 unspecified atom stereocenters. The van der Waals surface area contributed by atoms with Crippen LogP contribution in [0.2, 0.25) is 10.0 Å². The number of nitrogens with zero attached hydrogens (tertiary/aromatic N) is 3. The van der Waals surface area contributed by atoms with Gasteiger partial charge in [-0.3, -0.25) is 14.6 Å². The van der Waals surface area contributed by atoms with E-state index in [1.807, 2.05) is 0 Å². The minimum absolute atomic E-state index is 0.0483. The summed E-state index contributed by atoms with van der Waals surface area (Å²) in [7, 11) is -2.42. The molecule has 2 amide bonds. The number of carboxylic acid groups (broad SMARTS) is 1. The van der Waals surface area contributed by atoms with Gasteiger partial charge in [-0.25, -0.2) is 13.2 Å². The third kappa shape index (κ3) is 6.26. The van der Waals surface area contributed by atoms with Crippen LogP contribution in [0.15, 0.2) is 71.9 Å². The summed E-state index contributed by atoms with van der Waals surface area (Å²) in [4.78, 5) is 44.2. The molecule has 3 fully saturated rings. The minimum Gasteiger partial charge on any atom is -0.480 e. The SMILES string of the molecule is CN(C(=O)c1c(Cl)cncc1Cl)c1ccc(CC(NC(=O)C2C3CCC(CC3)N2S(=O)(=O)c2ccccc2)C(=O)O)cc1. The van der Waals surface area contributed by atoms with Gasteiger partial charge in [0.15, 0.2) is 0 Å². The van der Waals surface area contributed by atoms with Gasteiger partial charge in [-0.15, -0.1) is 0 Å². The number of amides is 2. The third-order valence-corrected chi connectivity index (χ3v) is 10.7. The lowest BCUT2D eigenvalue weighted by molar-refractivity contribution is -0.143. The first-order chi connectivity index (χ1) is 20.5. The highest BCUT2D eigenvalue weighted by Crippen LogP contribution is 2.42. The van der Waals surface area contributed by atoms with Crippen LogP contribution in [-0.2, 0) is 26.0 Å². The van der Waals surface area contributed by atoms with Crippen molar-refractivity contribution < 1.29 is 27.9 Å². The number of benzene rings is 2. The van der Waals surface area contributed by atoms with E-state index < -0.39 is 39.9 Å². The number of piperidine rings is 2. The first kappa shape index (κ1) is 30.9. The minimum atomic E-state index is -3.97. The Balaban J connectivity index is 1.32. The second-order valence-corrected chi connectivity index (χ2v) is 13.4. The number of hydrogen-bond acceptors (Lipinski definition) is 6. The van der Waals surface area contributed by atoms with Crippen LogP contribution in [-0.4, -0.2) is 65.8 Å². The van der Waals surface area contributed by atoms with Crippen molar-refractivity contribution >= 4 is 56.7 Å². The van der Waals surface area contributed by atoms with Crippen LogP contribution in [0.25, 0.3) is 0 Å². The molecule has 43 heavy (non-hydrogen) atoms. The monoisotopic (exact) mass is 644 g/mol. The topological polar surface area (TPSA) is 137 Å². The summed E-state index contributed by atoms with van der Waals surface area (Å²) in [6.07, 6.45) is 5.32. The van der Waals surface area contributed by atoms with Crippen LogP contribution in [0.1, 0.15) is 41.6 Å². The Bertz CT molecular complexity index is 1610. The van der Waals surface area contributed by atoms with E-state index in [2.05, 4.69) is 10.3 Å². The number of aliphatic carboxylic acids is 1. The number of carbonyl (C=O) groups is 3. The van der Waals surface area contributed by atoms with E-state index in [-0.39, 0.29) is 38.9 Å². The predicted octanol–water partition coefficient (Wildman–Crippen LogP) is 4.41. The Morgan fingerprint density at radius 1 is 1.00 bits per heavy atom. The van der Waals surface area contributed by atoms with Crippen molar-refractivity contribution in [3.63, 3.8) is 0 Å². The summed E-state index contributed by atoms with van der Waals surface area (Å²) in [6, 6.07) is 12.0. The van der Waals surface area contributed by atoms with E-state index in [0.717, 1.165) is 0 Å². The van der Waals surface area contributed by atoms with E-state index in [4.69, 9.17) is 23.2 Å². The van der Waals surface area contributed by atoms with Crippen LogP contribution >= 0.6 is 23.2 Å². The Morgan fingerprint density at radius 3 is 2.19 bits per heavy atom. The molecule has 13 heteroatoms. The molecule has 1 aliphatic carbocycles. The Hall–Kier alpha value is -3.51. The highest BCUT2D eigenvalue weighted by molar-refractivity contribution is 7.89. The van der Waals surface area contributed by atoms with Crippen LogP contribution < -0.4 is 10.2 Å². The summed E-state index contributed by atoms with van der Waals surface area (Å²) in [6.45, 7) is 0. The molecule has 10 nitrogen and oxygen atoms in total. The number of nitrogens with one attached hydrogen (secondary N) is 1. The Morgan fingerprint density at radius 2 is 1.60 bits per heavy atom. The smallest absolute Gasteiger partial charge is 0.326 e. The molecule has 3 aliphatic rings. The molecule has 2 aliphatic heterocycles. The molecule has 6 rings (SSSR count). The maximum atomic E-state index is 13.6. The third-order valence-electron chi connectivity index (χ3n) is 8.16. The van der Waals surface area contributed by atoms with Gasteiger partial charge in [-0.2, -0.15) is 4.31 Å². The number of pyridine rings is 1. The second-order valence-electron chi connectivity index (χ2n) is 10.8. The van der Waals surface area contributed by atoms with Gasteiger partial charge in [0.25, 0.3) is 5.91 Å². The molecule has 2 saturated heterocycles. The highest BCUT2D eigenvalue weighted by atomic mass is 35.5. The van der Waals surface area contributed by atoms with Gasteiger partial charge in [0.05, 0.1) is 20.5 Å². The van der Waals surface area contributed by atoms with E-state index >= 15 is 0 Å². The fourth-order valence-corrected chi connectivity index (χ4v) is 8.39. The molecule has 2 aromatic carbocycles. The molecule has 0 spiro atoms. The van der Waals surface area contributed by atoms with Crippen molar-refractivity contribution in [1.29, 1.82) is 0 Å². The number of carbonyl (C=O) groups excluding carboxylic acids is 2. The standard InChI is InChI=1S/C30H30Cl2N4O6S/c1-35(29(38)26-23(31)16-33-17-24(26)32)20-11-7-18(8-12-20)15-25(30(39)40)34-28(37)27-19-9-13-21(14-10-19)36(27)43(41,42)22-5-3-2-4-6-22/h2-8,11-12,16-17,19,21,25,27H,9-10,13-15H2,1H3,(H,34,37)(H,39,40). The summed E-state index contributed by atoms with van der Waals surface area (Å²) in [5.74, 6) is -2.51. The Kier molecular flexibility index (Phi) is 9.07. The van der Waals surface area contributed by atoms with Crippen LogP contribution in [0.4, 0.5) is 5.69 Å². The van der Waals surface area contributed by atoms with Crippen molar-refractivity contribution in [1.82, 2.24) is 14.6 Å². The summed E-state index contributed by atoms with van der Waals surface area (Å²) in [5, 5.41) is 12.8. The van der Waals surface area contributed by atoms with E-state index in [9.17, 15) is 27.9 Å². The van der Waals surface area contributed by atoms with Gasteiger partial charge in [0, 0.05) is 37.6 Å². The lowest BCUT2D eigenvalue weighted by Crippen LogP contribution is -2.63. The van der Waals surface area contributed by atoms with Gasteiger partial charge in [-0.05, 0) is 61.4 Å². The van der Waals surface area contributed by atoms with Crippen molar-refractivity contribution in [2.24, 2.45) is 5.92 Å². The molecule has 3 aromatic rings. The van der Waals surface area contributed by atoms with Crippen molar-refractivity contribution in [2.45, 2.75) is 55.1 Å². The molecule has 3 heterocycles. The number of sulfonamides is 1. The number of aromatic nitrogens is 1. The summed E-state index contributed by atoms with van der Waals surface area (Å²) in [5.41, 5.74) is 1.21. The first-order valence-electron chi connectivity index (χ1n) is 13.8. The van der Waals surface area contributed by atoms with E-state index in [0.29, 0.717) is 36.9 Å². The zero-order valence-corrected chi connectivity index (χ0v) is 25.5. The van der Waals surface area contributed by atoms with Crippen molar-refractivity contribution in [3.05, 3.63) is 88.2 Å². The number of rotatable bonds is 9. The van der Waals surface area contributed by atoms with Gasteiger partial charge in [0.1, 0.15) is 12.1 Å². The number of hydrogen-bond donors (Lipinski definition) is 2. The number of anilines is 1. The van der Waals surface area contributed by atoms with Gasteiger partial charge < -0.3 is 15.3 Å². The summed E-state index contributed by atoms with van der Waals surface area (Å²) >= 11 is 12.3. The van der Waals surface area contributed by atoms with E-state index in [1.165, 1.54) is 33.7 Å². The van der Waals surface area contributed by atoms with Gasteiger partial charge in [-0.1, -0.05) is 53.5 Å². The largest absolute Gasteiger partial charge is 0.480 e. The quantitative estimate of drug-likeness (QED) is 0.352. The average Bonchev–Trinajstić information content (AvgIpc) is 3.01. The zero-order valence-electron chi connectivity index (χ0n) is 23.2. The number of carboxylic acids is 1. The molecular formula is C30H30Cl2N4O6S. The fraction of sp³-hybridized carbons (Fsp3) is 0.333. The van der Waals surface area contributed by atoms with Gasteiger partial charge >= 0.3 is 5.97 Å². The van der Waals surface area contributed by atoms with Crippen LogP contribution in [0.3, 0.4) is 0 Å². The fourth-order valence-electron chi connectivity index (χ4n) is 5.95. The van der Waals surface area contributed by atoms with Gasteiger partial charge in [0.2, 0.25) is 15.9 Å². The van der Waals surface area contributed by atoms with Crippen molar-refractivity contribution in [3.8, 4) is 0 Å². The molecule has 0 radical (unpaired) electrons. The van der Waals surface area contributed by atoms with Crippen molar-refractivity contribution in [2.75, 3.05) is 11.9 Å². The lowest BCUT2D eigenvalue weighted by Gasteiger charge is -2.49. The molecule has 1 aromatic heterocycles. The highest BCUT2D eigenvalue weighted by Gasteiger charge is 2.51. The average molecular weight is 646 g/mol. The Labute approximate surface area is 259 Å². The zero-order chi connectivity index (χ0) is 30.9. The molecule has 2 bridgehead atoms. The summed E-state index contributed by atoms with van der Waals surface area (Å²) < 4.78 is 28.6. The van der Waals surface area contributed by atoms with Crippen LogP contribution in [0, 0.1) is 5.92 Å². The molecule has 226 valence electrons. The lowest BCUT2D eigenvalue weighted by atomic mass is 9.76. The maximum absolute atomic E-state index is 13.6. The molecular weight excluding hydrogens is 615 g/mol. The predicted molar refractivity (Wildman–Crippen MR) is 162 cm³/mol. The molecule has 1 saturated carbocycles. The second kappa shape index (κ2) is 12.6. The first-order valence-corrected chi connectivity index (χ1v) is 16.0. The van der Waals surface area contributed by atoms with E-state index in [1.54, 1.807) is 49.5 Å². The number of fused-ring (bicyclic) bond motifs is 3. The van der Waals surface area contributed by atoms with Crippen LogP contribution in [0.5, 0.6) is 0 Å².